The molecule has 0 unspecified atom stereocenters. The van der Waals surface area contributed by atoms with Crippen LogP contribution in [0.3, 0.4) is 0 Å². The van der Waals surface area contributed by atoms with Crippen LogP contribution in [0.15, 0.2) is 53.9 Å². The number of carbonyl (C=O) groups excluding carboxylic acids is 1. The zero-order chi connectivity index (χ0) is 14.7. The van der Waals surface area contributed by atoms with E-state index in [1.807, 2.05) is 30.3 Å². The second-order valence-corrected chi connectivity index (χ2v) is 6.93. The summed E-state index contributed by atoms with van der Waals surface area (Å²) >= 11 is 4.09. The van der Waals surface area contributed by atoms with E-state index in [1.54, 1.807) is 11.3 Å². The Morgan fingerprint density at radius 1 is 1.14 bits per heavy atom. The maximum atomic E-state index is 12.0. The molecule has 0 fully saturated rings. The fraction of sp³-hybridized carbons (Fsp3) is 0.118. The van der Waals surface area contributed by atoms with Crippen LogP contribution in [0.1, 0.15) is 15.9 Å². The number of hydrogen-bond acceptors (Lipinski definition) is 2. The van der Waals surface area contributed by atoms with Crippen molar-refractivity contribution in [2.75, 3.05) is 6.54 Å². The van der Waals surface area contributed by atoms with E-state index in [4.69, 9.17) is 0 Å². The molecule has 1 N–H and O–H groups in total. The molecule has 0 aliphatic carbocycles. The van der Waals surface area contributed by atoms with Crippen LogP contribution in [0.2, 0.25) is 0 Å². The van der Waals surface area contributed by atoms with Gasteiger partial charge in [0.2, 0.25) is 0 Å². The molecule has 106 valence electrons. The Morgan fingerprint density at radius 2 is 1.95 bits per heavy atom. The lowest BCUT2D eigenvalue weighted by atomic mass is 10.1. The van der Waals surface area contributed by atoms with E-state index in [9.17, 15) is 4.79 Å². The monoisotopic (exact) mass is 407 g/mol. The van der Waals surface area contributed by atoms with Crippen LogP contribution in [0.5, 0.6) is 0 Å². The largest absolute Gasteiger partial charge is 0.352 e. The standard InChI is InChI=1S/C17H14INOS/c18-14-6-7-16-15(10-14)13(11-21-16)8-9-19-17(20)12-4-2-1-3-5-12/h1-7,10-11H,8-9H2,(H,19,20). The van der Waals surface area contributed by atoms with E-state index in [0.29, 0.717) is 12.1 Å². The molecule has 0 saturated heterocycles. The average molecular weight is 407 g/mol. The van der Waals surface area contributed by atoms with Gasteiger partial charge in [-0.25, -0.2) is 0 Å². The molecule has 0 saturated carbocycles. The van der Waals surface area contributed by atoms with Crippen LogP contribution in [0.4, 0.5) is 0 Å². The summed E-state index contributed by atoms with van der Waals surface area (Å²) in [6.07, 6.45) is 0.860. The van der Waals surface area contributed by atoms with Crippen molar-refractivity contribution in [3.8, 4) is 0 Å². The highest BCUT2D eigenvalue weighted by molar-refractivity contribution is 14.1. The smallest absolute Gasteiger partial charge is 0.251 e. The van der Waals surface area contributed by atoms with E-state index in [2.05, 4.69) is 51.5 Å². The lowest BCUT2D eigenvalue weighted by molar-refractivity contribution is 0.0954. The Bertz CT molecular complexity index is 767. The normalized spacial score (nSPS) is 10.7. The first-order valence-corrected chi connectivity index (χ1v) is 8.69. The number of nitrogens with one attached hydrogen (secondary N) is 1. The van der Waals surface area contributed by atoms with E-state index in [1.165, 1.54) is 19.2 Å². The summed E-state index contributed by atoms with van der Waals surface area (Å²) < 4.78 is 2.55. The number of amides is 1. The van der Waals surface area contributed by atoms with Gasteiger partial charge in [-0.2, -0.15) is 0 Å². The molecule has 0 spiro atoms. The fourth-order valence-corrected chi connectivity index (χ4v) is 3.72. The minimum absolute atomic E-state index is 0.00952. The molecule has 0 aliphatic heterocycles. The summed E-state index contributed by atoms with van der Waals surface area (Å²) in [5.74, 6) is -0.00952. The number of hydrogen-bond donors (Lipinski definition) is 1. The SMILES string of the molecule is O=C(NCCc1csc2ccc(I)cc12)c1ccccc1. The van der Waals surface area contributed by atoms with Crippen molar-refractivity contribution in [1.29, 1.82) is 0 Å². The number of halogens is 1. The van der Waals surface area contributed by atoms with Crippen molar-refractivity contribution in [1.82, 2.24) is 5.32 Å². The molecular formula is C17H14INOS. The maximum Gasteiger partial charge on any atom is 0.251 e. The first kappa shape index (κ1) is 14.5. The second kappa shape index (κ2) is 6.58. The summed E-state index contributed by atoms with van der Waals surface area (Å²) in [5.41, 5.74) is 2.02. The van der Waals surface area contributed by atoms with Crippen LogP contribution in [-0.2, 0) is 6.42 Å². The third kappa shape index (κ3) is 3.44. The number of carbonyl (C=O) groups is 1. The second-order valence-electron chi connectivity index (χ2n) is 4.77. The molecule has 4 heteroatoms. The van der Waals surface area contributed by atoms with Gasteiger partial charge in [0.1, 0.15) is 0 Å². The first-order chi connectivity index (χ1) is 10.2. The van der Waals surface area contributed by atoms with Gasteiger partial charge in [0.25, 0.3) is 5.91 Å². The quantitative estimate of drug-likeness (QED) is 0.635. The summed E-state index contributed by atoms with van der Waals surface area (Å²) in [6.45, 7) is 0.658. The molecule has 0 bridgehead atoms. The third-order valence-corrected chi connectivity index (χ3v) is 5.01. The molecule has 1 amide bonds. The van der Waals surface area contributed by atoms with Crippen molar-refractivity contribution >= 4 is 49.9 Å². The summed E-state index contributed by atoms with van der Waals surface area (Å²) in [5, 5.41) is 6.48. The number of fused-ring (bicyclic) bond motifs is 1. The van der Waals surface area contributed by atoms with Crippen molar-refractivity contribution in [2.45, 2.75) is 6.42 Å². The molecule has 21 heavy (non-hydrogen) atoms. The minimum Gasteiger partial charge on any atom is -0.352 e. The molecule has 3 aromatic rings. The number of benzene rings is 2. The number of thiophene rings is 1. The highest BCUT2D eigenvalue weighted by Gasteiger charge is 2.07. The van der Waals surface area contributed by atoms with Crippen molar-refractivity contribution in [3.05, 3.63) is 68.6 Å². The Kier molecular flexibility index (Phi) is 4.55. The van der Waals surface area contributed by atoms with Crippen molar-refractivity contribution < 1.29 is 4.79 Å². The van der Waals surface area contributed by atoms with Gasteiger partial charge in [-0.05, 0) is 75.7 Å². The van der Waals surface area contributed by atoms with Crippen LogP contribution >= 0.6 is 33.9 Å². The number of rotatable bonds is 4. The maximum absolute atomic E-state index is 12.0. The van der Waals surface area contributed by atoms with E-state index >= 15 is 0 Å². The van der Waals surface area contributed by atoms with Gasteiger partial charge in [0.05, 0.1) is 0 Å². The molecule has 2 nitrogen and oxygen atoms in total. The Balaban J connectivity index is 1.65. The van der Waals surface area contributed by atoms with E-state index < -0.39 is 0 Å². The van der Waals surface area contributed by atoms with Gasteiger partial charge in [-0.15, -0.1) is 11.3 Å². The van der Waals surface area contributed by atoms with Crippen molar-refractivity contribution in [2.24, 2.45) is 0 Å². The van der Waals surface area contributed by atoms with Crippen molar-refractivity contribution in [3.63, 3.8) is 0 Å². The van der Waals surface area contributed by atoms with Crippen LogP contribution in [0, 0.1) is 3.57 Å². The Hall–Kier alpha value is -1.40. The van der Waals surface area contributed by atoms with Crippen LogP contribution in [0.25, 0.3) is 10.1 Å². The molecule has 0 atom stereocenters. The topological polar surface area (TPSA) is 29.1 Å². The van der Waals surface area contributed by atoms with Gasteiger partial charge in [-0.3, -0.25) is 4.79 Å². The summed E-state index contributed by atoms with van der Waals surface area (Å²) in [4.78, 5) is 12.0. The lowest BCUT2D eigenvalue weighted by Gasteiger charge is -2.05. The van der Waals surface area contributed by atoms with Crippen LogP contribution < -0.4 is 5.32 Å². The predicted octanol–water partition coefficient (Wildman–Crippen LogP) is 4.48. The first-order valence-electron chi connectivity index (χ1n) is 6.73. The summed E-state index contributed by atoms with van der Waals surface area (Å²) in [6, 6.07) is 15.8. The van der Waals surface area contributed by atoms with Gasteiger partial charge >= 0.3 is 0 Å². The molecule has 3 rings (SSSR count). The van der Waals surface area contributed by atoms with E-state index in [0.717, 1.165) is 6.42 Å². The fourth-order valence-electron chi connectivity index (χ4n) is 2.25. The van der Waals surface area contributed by atoms with Gasteiger partial charge in [-0.1, -0.05) is 18.2 Å². The molecule has 1 aromatic heterocycles. The van der Waals surface area contributed by atoms with E-state index in [-0.39, 0.29) is 5.91 Å². The molecule has 2 aromatic carbocycles. The molecule has 0 aliphatic rings. The molecule has 1 heterocycles. The highest BCUT2D eigenvalue weighted by Crippen LogP contribution is 2.27. The zero-order valence-electron chi connectivity index (χ0n) is 11.3. The Morgan fingerprint density at radius 3 is 2.76 bits per heavy atom. The average Bonchev–Trinajstić information content (AvgIpc) is 2.90. The van der Waals surface area contributed by atoms with Gasteiger partial charge < -0.3 is 5.32 Å². The molecular weight excluding hydrogens is 393 g/mol. The summed E-state index contributed by atoms with van der Waals surface area (Å²) in [7, 11) is 0. The lowest BCUT2D eigenvalue weighted by Crippen LogP contribution is -2.25. The highest BCUT2D eigenvalue weighted by atomic mass is 127. The van der Waals surface area contributed by atoms with Gasteiger partial charge in [0, 0.05) is 20.4 Å². The zero-order valence-corrected chi connectivity index (χ0v) is 14.3. The Labute approximate surface area is 141 Å². The van der Waals surface area contributed by atoms with Crippen LogP contribution in [-0.4, -0.2) is 12.5 Å². The third-order valence-electron chi connectivity index (χ3n) is 3.33. The predicted molar refractivity (Wildman–Crippen MR) is 97.0 cm³/mol. The molecule has 0 radical (unpaired) electrons. The van der Waals surface area contributed by atoms with Gasteiger partial charge in [0.15, 0.2) is 0 Å². The minimum atomic E-state index is -0.00952.